The number of hydrogen-bond acceptors (Lipinski definition) is 7. The van der Waals surface area contributed by atoms with Crippen molar-refractivity contribution in [2.24, 2.45) is 17.8 Å². The molecule has 4 amide bonds. The number of allylic oxidation sites excluding steroid dienone is 2. The molecule has 4 N–H and O–H groups in total. The molecule has 2 aliphatic carbocycles. The fraction of sp³-hybridized carbons (Fsp3) is 0.649. The molecule has 4 atom stereocenters. The standard InChI is InChI=1S/C37H54N4O7/c1-24(48-37(2,3)4)32(41-36(46)47-23-26-13-9-6-10-14-26)35(45)40-30(21-25-11-7-5-8-12-25)34(44)39-29(17-18-31(42)27-15-16-27)22-28-19-20-38-33(28)43/h6,9-10,13-14,17,24-25,27-28,30,32H,5,7-8,11-12,15-16,18-23H2,1-4H3,(H,38,43)(H,39,44)(H,40,45)(H,41,46)/t24?,28?,30-,32-/m0/s1. The van der Waals surface area contributed by atoms with Gasteiger partial charge in [0.2, 0.25) is 17.7 Å². The molecule has 0 spiro atoms. The van der Waals surface area contributed by atoms with E-state index in [2.05, 4.69) is 21.3 Å². The summed E-state index contributed by atoms with van der Waals surface area (Å²) in [7, 11) is 0. The van der Waals surface area contributed by atoms with Gasteiger partial charge in [-0.25, -0.2) is 4.79 Å². The summed E-state index contributed by atoms with van der Waals surface area (Å²) in [6.07, 6.45) is 8.71. The molecule has 48 heavy (non-hydrogen) atoms. The van der Waals surface area contributed by atoms with Gasteiger partial charge in [0, 0.05) is 30.5 Å². The highest BCUT2D eigenvalue weighted by atomic mass is 16.6. The largest absolute Gasteiger partial charge is 0.445 e. The zero-order chi connectivity index (χ0) is 34.7. The highest BCUT2D eigenvalue weighted by Crippen LogP contribution is 2.31. The minimum atomic E-state index is -1.15. The molecule has 2 unspecified atom stereocenters. The van der Waals surface area contributed by atoms with Crippen molar-refractivity contribution in [2.45, 2.75) is 129 Å². The number of nitrogens with one attached hydrogen (secondary N) is 4. The van der Waals surface area contributed by atoms with Gasteiger partial charge in [-0.1, -0.05) is 68.5 Å². The quantitative estimate of drug-likeness (QED) is 0.197. The van der Waals surface area contributed by atoms with E-state index < -0.39 is 41.7 Å². The number of ketones is 1. The summed E-state index contributed by atoms with van der Waals surface area (Å²) in [4.78, 5) is 65.9. The van der Waals surface area contributed by atoms with Crippen molar-refractivity contribution in [3.8, 4) is 0 Å². The van der Waals surface area contributed by atoms with Crippen LogP contribution in [0.15, 0.2) is 42.1 Å². The Labute approximate surface area is 284 Å². The first-order valence-corrected chi connectivity index (χ1v) is 17.6. The smallest absolute Gasteiger partial charge is 0.408 e. The Morgan fingerprint density at radius 1 is 0.958 bits per heavy atom. The number of hydrogen-bond donors (Lipinski definition) is 4. The molecule has 0 aromatic heterocycles. The Kier molecular flexibility index (Phi) is 13.6. The molecule has 2 saturated carbocycles. The Morgan fingerprint density at radius 3 is 2.29 bits per heavy atom. The number of alkyl carbamates (subject to hydrolysis) is 1. The molecule has 0 bridgehead atoms. The Bertz CT molecular complexity index is 1300. The van der Waals surface area contributed by atoms with Crippen molar-refractivity contribution in [1.82, 2.24) is 21.3 Å². The summed E-state index contributed by atoms with van der Waals surface area (Å²) >= 11 is 0. The summed E-state index contributed by atoms with van der Waals surface area (Å²) in [5.74, 6) is -0.902. The highest BCUT2D eigenvalue weighted by molar-refractivity contribution is 5.92. The van der Waals surface area contributed by atoms with Crippen LogP contribution in [0, 0.1) is 17.8 Å². The maximum Gasteiger partial charge on any atom is 0.408 e. The van der Waals surface area contributed by atoms with Gasteiger partial charge in [-0.3, -0.25) is 19.2 Å². The SMILES string of the molecule is CC(OC(C)(C)C)[C@H](NC(=O)OCc1ccccc1)C(=O)N[C@@H](CC1CCCCC1)C(=O)NC(=CCC(=O)C1CC1)CC1CCNC1=O. The second-order valence-corrected chi connectivity index (χ2v) is 14.6. The lowest BCUT2D eigenvalue weighted by Gasteiger charge is -2.32. The zero-order valence-corrected chi connectivity index (χ0v) is 29.0. The molecule has 1 aromatic carbocycles. The van der Waals surface area contributed by atoms with Crippen molar-refractivity contribution in [3.05, 3.63) is 47.7 Å². The van der Waals surface area contributed by atoms with Crippen LogP contribution in [0.3, 0.4) is 0 Å². The first-order chi connectivity index (χ1) is 22.9. The van der Waals surface area contributed by atoms with Gasteiger partial charge in [0.1, 0.15) is 24.5 Å². The Balaban J connectivity index is 1.51. The normalized spacial score (nSPS) is 20.6. The van der Waals surface area contributed by atoms with Crippen LogP contribution in [0.1, 0.15) is 104 Å². The molecule has 0 radical (unpaired) electrons. The van der Waals surface area contributed by atoms with Crippen LogP contribution in [0.4, 0.5) is 4.79 Å². The monoisotopic (exact) mass is 666 g/mol. The molecule has 264 valence electrons. The maximum atomic E-state index is 14.0. The third-order valence-corrected chi connectivity index (χ3v) is 9.20. The average molecular weight is 667 g/mol. The van der Waals surface area contributed by atoms with Crippen molar-refractivity contribution >= 4 is 29.6 Å². The van der Waals surface area contributed by atoms with Crippen molar-refractivity contribution in [3.63, 3.8) is 0 Å². The third kappa shape index (κ3) is 12.4. The highest BCUT2D eigenvalue weighted by Gasteiger charge is 2.35. The number of ether oxygens (including phenoxy) is 2. The zero-order valence-electron chi connectivity index (χ0n) is 29.0. The van der Waals surface area contributed by atoms with Gasteiger partial charge in [-0.15, -0.1) is 0 Å². The number of carbonyl (C=O) groups excluding carboxylic acids is 5. The van der Waals surface area contributed by atoms with Crippen LogP contribution < -0.4 is 21.3 Å². The second-order valence-electron chi connectivity index (χ2n) is 14.6. The van der Waals surface area contributed by atoms with Crippen LogP contribution in [0.5, 0.6) is 0 Å². The molecule has 1 heterocycles. The Hall–Kier alpha value is -3.73. The number of amides is 4. The molecule has 1 aromatic rings. The van der Waals surface area contributed by atoms with E-state index in [9.17, 15) is 24.0 Å². The van der Waals surface area contributed by atoms with Gasteiger partial charge in [0.05, 0.1) is 11.7 Å². The van der Waals surface area contributed by atoms with Crippen molar-refractivity contribution in [2.75, 3.05) is 6.54 Å². The molecule has 1 aliphatic heterocycles. The second kappa shape index (κ2) is 17.6. The molecular formula is C37H54N4O7. The molecule has 4 rings (SSSR count). The van der Waals surface area contributed by atoms with E-state index in [-0.39, 0.29) is 42.5 Å². The van der Waals surface area contributed by atoms with E-state index >= 15 is 0 Å². The molecule has 11 nitrogen and oxygen atoms in total. The summed E-state index contributed by atoms with van der Waals surface area (Å²) < 4.78 is 11.5. The lowest BCUT2D eigenvalue weighted by Crippen LogP contribution is -2.58. The number of carbonyl (C=O) groups is 5. The Morgan fingerprint density at radius 2 is 1.67 bits per heavy atom. The first-order valence-electron chi connectivity index (χ1n) is 17.6. The van der Waals surface area contributed by atoms with E-state index in [1.807, 2.05) is 51.1 Å². The van der Waals surface area contributed by atoms with Crippen LogP contribution >= 0.6 is 0 Å². The molecule has 11 heteroatoms. The summed E-state index contributed by atoms with van der Waals surface area (Å²) in [6.45, 7) is 7.88. The van der Waals surface area contributed by atoms with E-state index in [1.54, 1.807) is 13.0 Å². The van der Waals surface area contributed by atoms with Crippen LogP contribution in [-0.2, 0) is 35.3 Å². The summed E-state index contributed by atoms with van der Waals surface area (Å²) in [5, 5.41) is 11.4. The molecular weight excluding hydrogens is 612 g/mol. The molecule has 3 aliphatic rings. The van der Waals surface area contributed by atoms with Gasteiger partial charge in [-0.05, 0) is 71.3 Å². The van der Waals surface area contributed by atoms with E-state index in [0.717, 1.165) is 50.5 Å². The lowest BCUT2D eigenvalue weighted by molar-refractivity contribution is -0.135. The number of rotatable bonds is 16. The van der Waals surface area contributed by atoms with Gasteiger partial charge in [-0.2, -0.15) is 0 Å². The van der Waals surface area contributed by atoms with E-state index in [4.69, 9.17) is 9.47 Å². The molecule has 1 saturated heterocycles. The van der Waals surface area contributed by atoms with Gasteiger partial charge < -0.3 is 30.7 Å². The predicted molar refractivity (Wildman–Crippen MR) is 181 cm³/mol. The molecule has 3 fully saturated rings. The predicted octanol–water partition coefficient (Wildman–Crippen LogP) is 4.84. The average Bonchev–Trinajstić information content (AvgIpc) is 3.83. The fourth-order valence-corrected chi connectivity index (χ4v) is 6.49. The van der Waals surface area contributed by atoms with E-state index in [1.165, 1.54) is 0 Å². The van der Waals surface area contributed by atoms with Crippen molar-refractivity contribution in [1.29, 1.82) is 0 Å². The fourth-order valence-electron chi connectivity index (χ4n) is 6.49. The summed E-state index contributed by atoms with van der Waals surface area (Å²) in [6, 6.07) is 7.17. The van der Waals surface area contributed by atoms with Crippen LogP contribution in [0.2, 0.25) is 0 Å². The minimum Gasteiger partial charge on any atom is -0.445 e. The number of benzene rings is 1. The van der Waals surface area contributed by atoms with Crippen LogP contribution in [-0.4, -0.2) is 59.9 Å². The topological polar surface area (TPSA) is 152 Å². The van der Waals surface area contributed by atoms with Crippen molar-refractivity contribution < 1.29 is 33.4 Å². The first kappa shape index (κ1) is 37.1. The van der Waals surface area contributed by atoms with Gasteiger partial charge in [0.25, 0.3) is 0 Å². The summed E-state index contributed by atoms with van der Waals surface area (Å²) in [5.41, 5.74) is 0.702. The number of Topliss-reactive ketones (excluding diaryl/α,β-unsaturated/α-hetero) is 1. The van der Waals surface area contributed by atoms with E-state index in [0.29, 0.717) is 31.5 Å². The van der Waals surface area contributed by atoms with Gasteiger partial charge in [0.15, 0.2) is 0 Å². The van der Waals surface area contributed by atoms with Gasteiger partial charge >= 0.3 is 6.09 Å². The maximum absolute atomic E-state index is 14.0. The third-order valence-electron chi connectivity index (χ3n) is 9.20. The minimum absolute atomic E-state index is 0.0274. The van der Waals surface area contributed by atoms with Crippen LogP contribution in [0.25, 0.3) is 0 Å². The lowest BCUT2D eigenvalue weighted by atomic mass is 9.84.